The minimum atomic E-state index is -0.466. The van der Waals surface area contributed by atoms with Gasteiger partial charge >= 0.3 is 11.7 Å². The average Bonchev–Trinajstić information content (AvgIpc) is 2.95. The Morgan fingerprint density at radius 3 is 2.57 bits per heavy atom. The van der Waals surface area contributed by atoms with Crippen molar-refractivity contribution in [2.45, 2.75) is 32.0 Å². The SMILES string of the molecule is CCCN(C)C(=O)n1c(=O)n(Cc2ccccc2)c2nc(SCC)nc(N)c21. The average molecular weight is 401 g/mol. The molecule has 2 heterocycles. The summed E-state index contributed by atoms with van der Waals surface area (Å²) in [5.74, 6) is 0.898. The van der Waals surface area contributed by atoms with E-state index in [-0.39, 0.29) is 11.3 Å². The van der Waals surface area contributed by atoms with Gasteiger partial charge in [0.2, 0.25) is 0 Å². The van der Waals surface area contributed by atoms with E-state index in [1.54, 1.807) is 7.05 Å². The van der Waals surface area contributed by atoms with Gasteiger partial charge in [-0.25, -0.2) is 24.1 Å². The van der Waals surface area contributed by atoms with Crippen LogP contribution in [-0.4, -0.2) is 49.4 Å². The van der Waals surface area contributed by atoms with Crippen molar-refractivity contribution in [1.29, 1.82) is 0 Å². The lowest BCUT2D eigenvalue weighted by Gasteiger charge is -2.16. The second kappa shape index (κ2) is 8.47. The Kier molecular flexibility index (Phi) is 6.03. The second-order valence-corrected chi connectivity index (χ2v) is 7.62. The van der Waals surface area contributed by atoms with Crippen LogP contribution in [0.25, 0.3) is 11.2 Å². The highest BCUT2D eigenvalue weighted by Crippen LogP contribution is 2.23. The second-order valence-electron chi connectivity index (χ2n) is 6.39. The quantitative estimate of drug-likeness (QED) is 0.504. The Morgan fingerprint density at radius 2 is 1.93 bits per heavy atom. The lowest BCUT2D eigenvalue weighted by Crippen LogP contribution is -2.38. The molecule has 0 atom stereocenters. The molecule has 2 N–H and O–H groups in total. The van der Waals surface area contributed by atoms with Crippen LogP contribution in [0.15, 0.2) is 40.3 Å². The van der Waals surface area contributed by atoms with Gasteiger partial charge in [-0.2, -0.15) is 0 Å². The zero-order valence-electron chi connectivity index (χ0n) is 16.3. The molecule has 9 heteroatoms. The molecule has 3 rings (SSSR count). The van der Waals surface area contributed by atoms with Crippen LogP contribution in [0.5, 0.6) is 0 Å². The number of nitrogens with zero attached hydrogens (tertiary/aromatic N) is 5. The van der Waals surface area contributed by atoms with Crippen molar-refractivity contribution in [3.8, 4) is 0 Å². The fourth-order valence-electron chi connectivity index (χ4n) is 3.03. The maximum atomic E-state index is 13.2. The standard InChI is InChI=1S/C19H24N6O2S/c1-4-11-23(3)18(26)25-14-15(20)21-17(28-5-2)22-16(14)24(19(25)27)12-13-9-7-6-8-10-13/h6-10H,4-5,11-12H2,1-3H3,(H2,20,21,22). The van der Waals surface area contributed by atoms with E-state index in [1.807, 2.05) is 44.2 Å². The first-order valence-electron chi connectivity index (χ1n) is 9.18. The van der Waals surface area contributed by atoms with E-state index in [2.05, 4.69) is 9.97 Å². The monoisotopic (exact) mass is 400 g/mol. The molecule has 0 spiro atoms. The smallest absolute Gasteiger partial charge is 0.339 e. The number of benzene rings is 1. The first kappa shape index (κ1) is 19.9. The molecule has 0 saturated heterocycles. The molecule has 0 aliphatic heterocycles. The molecule has 0 fully saturated rings. The van der Waals surface area contributed by atoms with Gasteiger partial charge in [0.15, 0.2) is 16.6 Å². The zero-order chi connectivity index (χ0) is 20.3. The number of hydrogen-bond acceptors (Lipinski definition) is 6. The van der Waals surface area contributed by atoms with Crippen molar-refractivity contribution in [3.63, 3.8) is 0 Å². The number of fused-ring (bicyclic) bond motifs is 1. The van der Waals surface area contributed by atoms with Crippen LogP contribution >= 0.6 is 11.8 Å². The molecular weight excluding hydrogens is 376 g/mol. The van der Waals surface area contributed by atoms with Gasteiger partial charge in [-0.05, 0) is 17.7 Å². The highest BCUT2D eigenvalue weighted by Gasteiger charge is 2.25. The van der Waals surface area contributed by atoms with Gasteiger partial charge in [0.05, 0.1) is 6.54 Å². The predicted molar refractivity (Wildman–Crippen MR) is 112 cm³/mol. The van der Waals surface area contributed by atoms with E-state index in [9.17, 15) is 9.59 Å². The summed E-state index contributed by atoms with van der Waals surface area (Å²) in [5, 5.41) is 0.487. The van der Waals surface area contributed by atoms with E-state index in [0.717, 1.165) is 22.3 Å². The number of thioether (sulfide) groups is 1. The van der Waals surface area contributed by atoms with E-state index < -0.39 is 11.7 Å². The van der Waals surface area contributed by atoms with Crippen molar-refractivity contribution in [2.24, 2.45) is 0 Å². The molecule has 1 amide bonds. The summed E-state index contributed by atoms with van der Waals surface area (Å²) in [6, 6.07) is 9.13. The van der Waals surface area contributed by atoms with Crippen LogP contribution in [0, 0.1) is 0 Å². The van der Waals surface area contributed by atoms with Crippen LogP contribution in [-0.2, 0) is 6.54 Å². The molecule has 3 aromatic rings. The van der Waals surface area contributed by atoms with E-state index >= 15 is 0 Å². The number of nitrogens with two attached hydrogens (primary N) is 1. The van der Waals surface area contributed by atoms with Crippen molar-refractivity contribution in [1.82, 2.24) is 24.0 Å². The van der Waals surface area contributed by atoms with Crippen LogP contribution < -0.4 is 11.4 Å². The maximum Gasteiger partial charge on any atom is 0.339 e. The number of imidazole rings is 1. The Bertz CT molecular complexity index is 1040. The van der Waals surface area contributed by atoms with Crippen LogP contribution in [0.2, 0.25) is 0 Å². The number of nitrogen functional groups attached to an aromatic ring is 1. The molecule has 0 radical (unpaired) electrons. The predicted octanol–water partition coefficient (Wildman–Crippen LogP) is 2.65. The molecule has 0 aliphatic rings. The Morgan fingerprint density at radius 1 is 1.21 bits per heavy atom. The summed E-state index contributed by atoms with van der Waals surface area (Å²) in [4.78, 5) is 36.5. The van der Waals surface area contributed by atoms with E-state index in [4.69, 9.17) is 5.73 Å². The highest BCUT2D eigenvalue weighted by molar-refractivity contribution is 7.99. The summed E-state index contributed by atoms with van der Waals surface area (Å²) in [6.45, 7) is 4.78. The Hall–Kier alpha value is -2.81. The summed E-state index contributed by atoms with van der Waals surface area (Å²) in [5.41, 5.74) is 7.26. The Labute approximate surface area is 167 Å². The molecule has 8 nitrogen and oxygen atoms in total. The molecule has 0 saturated carbocycles. The fourth-order valence-corrected chi connectivity index (χ4v) is 3.60. The van der Waals surface area contributed by atoms with Crippen molar-refractivity contribution >= 4 is 34.8 Å². The largest absolute Gasteiger partial charge is 0.382 e. The van der Waals surface area contributed by atoms with Gasteiger partial charge in [0, 0.05) is 13.6 Å². The minimum Gasteiger partial charge on any atom is -0.382 e. The molecule has 0 unspecified atom stereocenters. The van der Waals surface area contributed by atoms with Gasteiger partial charge in [0.25, 0.3) is 0 Å². The normalized spacial score (nSPS) is 11.1. The molecule has 2 aromatic heterocycles. The highest BCUT2D eigenvalue weighted by atomic mass is 32.2. The van der Waals surface area contributed by atoms with E-state index in [0.29, 0.717) is 23.9 Å². The lowest BCUT2D eigenvalue weighted by molar-refractivity contribution is 0.210. The van der Waals surface area contributed by atoms with Crippen LogP contribution in [0.4, 0.5) is 10.6 Å². The lowest BCUT2D eigenvalue weighted by atomic mass is 10.2. The third kappa shape index (κ3) is 3.75. The summed E-state index contributed by atoms with van der Waals surface area (Å²) >= 11 is 1.44. The topological polar surface area (TPSA) is 99.0 Å². The first-order valence-corrected chi connectivity index (χ1v) is 10.2. The summed E-state index contributed by atoms with van der Waals surface area (Å²) in [6.07, 6.45) is 0.781. The van der Waals surface area contributed by atoms with Crippen molar-refractivity contribution in [3.05, 3.63) is 46.4 Å². The summed E-state index contributed by atoms with van der Waals surface area (Å²) in [7, 11) is 1.66. The van der Waals surface area contributed by atoms with Gasteiger partial charge in [-0.3, -0.25) is 4.57 Å². The number of aromatic nitrogens is 4. The zero-order valence-corrected chi connectivity index (χ0v) is 17.1. The third-order valence-electron chi connectivity index (χ3n) is 4.31. The number of rotatable bonds is 6. The molecule has 0 bridgehead atoms. The van der Waals surface area contributed by atoms with Crippen molar-refractivity contribution in [2.75, 3.05) is 25.1 Å². The fraction of sp³-hybridized carbons (Fsp3) is 0.368. The third-order valence-corrected chi connectivity index (χ3v) is 5.04. The molecule has 148 valence electrons. The minimum absolute atomic E-state index is 0.128. The number of hydrogen-bond donors (Lipinski definition) is 1. The number of amides is 1. The van der Waals surface area contributed by atoms with Gasteiger partial charge in [-0.15, -0.1) is 0 Å². The number of anilines is 1. The number of carbonyl (C=O) groups is 1. The van der Waals surface area contributed by atoms with Crippen LogP contribution in [0.1, 0.15) is 25.8 Å². The van der Waals surface area contributed by atoms with Gasteiger partial charge in [0.1, 0.15) is 5.52 Å². The molecule has 0 aliphatic carbocycles. The van der Waals surface area contributed by atoms with Crippen molar-refractivity contribution < 1.29 is 4.79 Å². The molecule has 28 heavy (non-hydrogen) atoms. The van der Waals surface area contributed by atoms with E-state index in [1.165, 1.54) is 21.2 Å². The van der Waals surface area contributed by atoms with Gasteiger partial charge in [-0.1, -0.05) is 55.9 Å². The maximum absolute atomic E-state index is 13.2. The Balaban J connectivity index is 2.24. The molecule has 1 aromatic carbocycles. The number of carbonyl (C=O) groups excluding carboxylic acids is 1. The molecular formula is C19H24N6O2S. The van der Waals surface area contributed by atoms with Crippen LogP contribution in [0.3, 0.4) is 0 Å². The van der Waals surface area contributed by atoms with Gasteiger partial charge < -0.3 is 10.6 Å². The first-order chi connectivity index (χ1) is 13.5. The summed E-state index contributed by atoms with van der Waals surface area (Å²) < 4.78 is 2.57.